The summed E-state index contributed by atoms with van der Waals surface area (Å²) in [6.07, 6.45) is 0. The smallest absolute Gasteiger partial charge is 0.204 e. The third kappa shape index (κ3) is 3.74. The van der Waals surface area contributed by atoms with Crippen LogP contribution in [0, 0.1) is 40.0 Å². The zero-order valence-electron chi connectivity index (χ0n) is 11.5. The van der Waals surface area contributed by atoms with Crippen molar-refractivity contribution in [3.63, 3.8) is 0 Å². The minimum Gasteiger partial charge on any atom is -0.453 e. The Morgan fingerprint density at radius 3 is 2.58 bits per heavy atom. The fourth-order valence-corrected chi connectivity index (χ4v) is 2.75. The molecular formula is C15H5BrF3IN2OS. The molecule has 0 aliphatic carbocycles. The maximum atomic E-state index is 14.2. The first-order chi connectivity index (χ1) is 11.4. The lowest BCUT2D eigenvalue weighted by Gasteiger charge is -2.13. The van der Waals surface area contributed by atoms with Gasteiger partial charge in [-0.25, -0.2) is 8.78 Å². The van der Waals surface area contributed by atoms with Crippen LogP contribution in [-0.4, -0.2) is 0 Å². The zero-order valence-corrected chi connectivity index (χ0v) is 16.0. The first-order valence-electron chi connectivity index (χ1n) is 6.02. The number of benzene rings is 2. The highest BCUT2D eigenvalue weighted by Gasteiger charge is 2.23. The van der Waals surface area contributed by atoms with Crippen LogP contribution in [0.4, 0.5) is 18.9 Å². The van der Waals surface area contributed by atoms with Crippen LogP contribution in [0.2, 0.25) is 0 Å². The lowest BCUT2D eigenvalue weighted by Crippen LogP contribution is -2.03. The van der Waals surface area contributed by atoms with Crippen molar-refractivity contribution in [3.05, 3.63) is 51.3 Å². The quantitative estimate of drug-likeness (QED) is 0.244. The predicted molar refractivity (Wildman–Crippen MR) is 98.1 cm³/mol. The van der Waals surface area contributed by atoms with Crippen LogP contribution in [0.25, 0.3) is 0 Å². The topological polar surface area (TPSA) is 59.0 Å². The summed E-state index contributed by atoms with van der Waals surface area (Å²) in [5, 5.41) is 11.4. The number of nitriles is 1. The number of ether oxygens (including phenoxy) is 1. The number of hydrogen-bond acceptors (Lipinski definition) is 4. The second-order valence-corrected chi connectivity index (χ2v) is 6.69. The zero-order chi connectivity index (χ0) is 17.9. The molecular weight excluding hydrogens is 520 g/mol. The van der Waals surface area contributed by atoms with E-state index < -0.39 is 28.9 Å². The second-order valence-electron chi connectivity index (χ2n) is 4.22. The Labute approximate surface area is 160 Å². The van der Waals surface area contributed by atoms with Crippen molar-refractivity contribution in [2.75, 3.05) is 5.73 Å². The molecule has 0 unspecified atom stereocenters. The molecule has 2 aromatic carbocycles. The van der Waals surface area contributed by atoms with E-state index in [1.807, 2.05) is 21.2 Å². The van der Waals surface area contributed by atoms with Crippen LogP contribution in [0.1, 0.15) is 11.1 Å². The third-order valence-electron chi connectivity index (χ3n) is 2.81. The monoisotopic (exact) mass is 524 g/mol. The number of nitrogens with zero attached hydrogens (tertiary/aromatic N) is 1. The summed E-state index contributed by atoms with van der Waals surface area (Å²) in [6.45, 7) is 0. The maximum Gasteiger partial charge on any atom is 0.204 e. The molecule has 0 aliphatic rings. The van der Waals surface area contributed by atoms with Gasteiger partial charge in [0.2, 0.25) is 5.82 Å². The molecule has 0 bridgehead atoms. The summed E-state index contributed by atoms with van der Waals surface area (Å²) in [6, 6.07) is 4.87. The Kier molecular flexibility index (Phi) is 6.27. The van der Waals surface area contributed by atoms with Gasteiger partial charge in [-0.05, 0) is 42.2 Å². The largest absolute Gasteiger partial charge is 0.453 e. The fraction of sp³-hybridized carbons (Fsp3) is 0. The highest BCUT2D eigenvalue weighted by Crippen LogP contribution is 2.40. The lowest BCUT2D eigenvalue weighted by atomic mass is 10.1. The molecule has 0 saturated carbocycles. The molecule has 0 aromatic heterocycles. The van der Waals surface area contributed by atoms with Crippen molar-refractivity contribution >= 4 is 51.8 Å². The highest BCUT2D eigenvalue weighted by atomic mass is 127. The van der Waals surface area contributed by atoms with Gasteiger partial charge in [-0.1, -0.05) is 5.92 Å². The summed E-state index contributed by atoms with van der Waals surface area (Å²) in [5.41, 5.74) is 4.82. The van der Waals surface area contributed by atoms with Gasteiger partial charge in [0.15, 0.2) is 11.6 Å². The van der Waals surface area contributed by atoms with Crippen molar-refractivity contribution in [1.82, 2.24) is 0 Å². The van der Waals surface area contributed by atoms with Crippen molar-refractivity contribution < 1.29 is 17.9 Å². The molecule has 24 heavy (non-hydrogen) atoms. The summed E-state index contributed by atoms with van der Waals surface area (Å²) in [7, 11) is 1.14. The number of nitrogens with two attached hydrogens (primary N) is 1. The van der Waals surface area contributed by atoms with Gasteiger partial charge >= 0.3 is 0 Å². The first kappa shape index (κ1) is 18.8. The van der Waals surface area contributed by atoms with Crippen molar-refractivity contribution in [3.8, 4) is 28.7 Å². The van der Waals surface area contributed by atoms with Gasteiger partial charge in [0.1, 0.15) is 17.6 Å². The number of halogens is 5. The van der Waals surface area contributed by atoms with Gasteiger partial charge in [0.05, 0.1) is 21.3 Å². The Balaban J connectivity index is 2.59. The molecule has 0 radical (unpaired) electrons. The maximum absolute atomic E-state index is 14.2. The molecule has 0 aliphatic heterocycles. The van der Waals surface area contributed by atoms with E-state index in [2.05, 4.69) is 27.1 Å². The SMILES string of the molecule is N#Cc1cc(Oc2c(F)c(F)c(N)c(C#CSI)c2Br)ccc1F. The average molecular weight is 525 g/mol. The van der Waals surface area contributed by atoms with Crippen LogP contribution in [-0.2, 0) is 0 Å². The molecule has 0 saturated heterocycles. The van der Waals surface area contributed by atoms with Crippen molar-refractivity contribution in [2.24, 2.45) is 0 Å². The summed E-state index contributed by atoms with van der Waals surface area (Å²) >= 11 is 5.00. The van der Waals surface area contributed by atoms with Gasteiger partial charge < -0.3 is 10.5 Å². The van der Waals surface area contributed by atoms with E-state index in [4.69, 9.17) is 15.7 Å². The number of nitrogen functional groups attached to an aromatic ring is 1. The average Bonchev–Trinajstić information content (AvgIpc) is 2.58. The molecule has 2 rings (SSSR count). The molecule has 0 spiro atoms. The lowest BCUT2D eigenvalue weighted by molar-refractivity contribution is 0.413. The van der Waals surface area contributed by atoms with Crippen LogP contribution in [0.15, 0.2) is 22.7 Å². The van der Waals surface area contributed by atoms with Gasteiger partial charge in [0, 0.05) is 27.3 Å². The Bertz CT molecular complexity index is 922. The summed E-state index contributed by atoms with van der Waals surface area (Å²) in [4.78, 5) is 0. The van der Waals surface area contributed by atoms with E-state index in [-0.39, 0.29) is 21.3 Å². The van der Waals surface area contributed by atoms with Crippen LogP contribution < -0.4 is 10.5 Å². The van der Waals surface area contributed by atoms with E-state index in [0.717, 1.165) is 21.1 Å². The third-order valence-corrected chi connectivity index (χ3v) is 4.41. The Morgan fingerprint density at radius 2 is 1.96 bits per heavy atom. The van der Waals surface area contributed by atoms with E-state index >= 15 is 0 Å². The molecule has 2 N–H and O–H groups in total. The standard InChI is InChI=1S/C15H5BrF3IN2OS/c16-11-9(3-4-24-20)14(22)12(18)13(19)15(11)23-8-1-2-10(17)7(5-8)6-21/h1-2,5H,22H2. The number of anilines is 1. The minimum absolute atomic E-state index is 0.0136. The van der Waals surface area contributed by atoms with Gasteiger partial charge in [-0.15, -0.1) is 0 Å². The first-order valence-corrected chi connectivity index (χ1v) is 10.2. The van der Waals surface area contributed by atoms with E-state index in [1.165, 1.54) is 6.07 Å². The van der Waals surface area contributed by atoms with E-state index in [1.54, 1.807) is 6.07 Å². The molecule has 0 heterocycles. The molecule has 122 valence electrons. The van der Waals surface area contributed by atoms with Crippen molar-refractivity contribution in [1.29, 1.82) is 5.26 Å². The number of rotatable bonds is 2. The Hall–Kier alpha value is -1.56. The molecule has 3 nitrogen and oxygen atoms in total. The van der Waals surface area contributed by atoms with Crippen LogP contribution >= 0.6 is 46.1 Å². The molecule has 0 amide bonds. The van der Waals surface area contributed by atoms with Crippen LogP contribution in [0.3, 0.4) is 0 Å². The molecule has 0 atom stereocenters. The second kappa shape index (κ2) is 8.01. The van der Waals surface area contributed by atoms with Gasteiger partial charge in [-0.2, -0.15) is 9.65 Å². The summed E-state index contributed by atoms with van der Waals surface area (Å²) < 4.78 is 46.8. The van der Waals surface area contributed by atoms with Gasteiger partial charge in [0.25, 0.3) is 0 Å². The van der Waals surface area contributed by atoms with Crippen molar-refractivity contribution in [2.45, 2.75) is 0 Å². The predicted octanol–water partition coefficient (Wildman–Crippen LogP) is 5.50. The number of hydrogen-bond donors (Lipinski definition) is 1. The molecule has 0 fully saturated rings. The fourth-order valence-electron chi connectivity index (χ4n) is 1.71. The highest BCUT2D eigenvalue weighted by molar-refractivity contribution is 14.2. The Morgan fingerprint density at radius 1 is 1.25 bits per heavy atom. The normalized spacial score (nSPS) is 9.83. The van der Waals surface area contributed by atoms with Crippen LogP contribution in [0.5, 0.6) is 11.5 Å². The van der Waals surface area contributed by atoms with E-state index in [9.17, 15) is 13.2 Å². The van der Waals surface area contributed by atoms with E-state index in [0.29, 0.717) is 0 Å². The minimum atomic E-state index is -1.32. The van der Waals surface area contributed by atoms with Gasteiger partial charge in [-0.3, -0.25) is 0 Å². The molecule has 2 aromatic rings. The molecule has 9 heteroatoms. The summed E-state index contributed by atoms with van der Waals surface area (Å²) in [5.74, 6) is -1.33.